The number of rotatable bonds is 12. The minimum absolute atomic E-state index is 0.155. The molecule has 2 aromatic heterocycles. The van der Waals surface area contributed by atoms with E-state index in [0.29, 0.717) is 47.7 Å². The smallest absolute Gasteiger partial charge is 0.162 e. The van der Waals surface area contributed by atoms with Crippen molar-refractivity contribution in [3.63, 3.8) is 0 Å². The van der Waals surface area contributed by atoms with Crippen LogP contribution in [-0.4, -0.2) is 38.3 Å². The molecule has 0 unspecified atom stereocenters. The first-order chi connectivity index (χ1) is 18.1. The third kappa shape index (κ3) is 6.13. The summed E-state index contributed by atoms with van der Waals surface area (Å²) in [6, 6.07) is 11.3. The van der Waals surface area contributed by atoms with Crippen LogP contribution in [0.4, 0.5) is 11.5 Å². The van der Waals surface area contributed by atoms with Crippen molar-refractivity contribution in [3.8, 4) is 23.8 Å². The number of imidazole rings is 1. The molecule has 2 N–H and O–H groups in total. The predicted octanol–water partition coefficient (Wildman–Crippen LogP) is 5.52. The number of fused-ring (bicyclic) bond motifs is 1. The second-order valence-electron chi connectivity index (χ2n) is 8.47. The molecule has 2 heterocycles. The number of halogens is 1. The first-order valence-corrected chi connectivity index (χ1v) is 12.6. The average molecular weight is 520 g/mol. The van der Waals surface area contributed by atoms with Gasteiger partial charge in [-0.1, -0.05) is 36.9 Å². The number of hydrogen-bond donors (Lipinski definition) is 2. The summed E-state index contributed by atoms with van der Waals surface area (Å²) in [4.78, 5) is 13.3. The number of terminal acetylenes is 1. The minimum Gasteiger partial charge on any atom is -0.493 e. The van der Waals surface area contributed by atoms with Gasteiger partial charge < -0.3 is 24.5 Å². The lowest BCUT2D eigenvalue weighted by atomic mass is 10.2. The SMILES string of the molecule is C#Cc1cccc(Nc2ncnc3cc(OC)c(OCCCn4c(CCCC)nc(Cl)c4CO)cc23)c1. The van der Waals surface area contributed by atoms with Gasteiger partial charge in [0.2, 0.25) is 0 Å². The maximum Gasteiger partial charge on any atom is 0.162 e. The van der Waals surface area contributed by atoms with Crippen LogP contribution in [0.2, 0.25) is 5.15 Å². The normalized spacial score (nSPS) is 10.9. The maximum atomic E-state index is 9.78. The number of benzene rings is 2. The van der Waals surface area contributed by atoms with Crippen molar-refractivity contribution in [3.05, 3.63) is 65.0 Å². The van der Waals surface area contributed by atoms with Crippen molar-refractivity contribution in [1.29, 1.82) is 0 Å². The molecule has 0 bridgehead atoms. The molecule has 37 heavy (non-hydrogen) atoms. The topological polar surface area (TPSA) is 94.3 Å². The summed E-state index contributed by atoms with van der Waals surface area (Å²) >= 11 is 6.26. The summed E-state index contributed by atoms with van der Waals surface area (Å²) in [5.74, 6) is 5.33. The Balaban J connectivity index is 1.52. The first kappa shape index (κ1) is 26.3. The second kappa shape index (κ2) is 12.4. The van der Waals surface area contributed by atoms with Crippen LogP contribution < -0.4 is 14.8 Å². The summed E-state index contributed by atoms with van der Waals surface area (Å²) in [6.45, 7) is 3.03. The number of ether oxygens (including phenoxy) is 2. The van der Waals surface area contributed by atoms with E-state index in [0.717, 1.165) is 47.2 Å². The molecular formula is C28H30ClN5O3. The molecule has 0 saturated carbocycles. The van der Waals surface area contributed by atoms with Gasteiger partial charge in [-0.15, -0.1) is 6.42 Å². The molecule has 0 spiro atoms. The fourth-order valence-corrected chi connectivity index (χ4v) is 4.37. The number of aliphatic hydroxyl groups excluding tert-OH is 1. The molecule has 0 aliphatic rings. The van der Waals surface area contributed by atoms with Crippen LogP contribution in [0.15, 0.2) is 42.7 Å². The van der Waals surface area contributed by atoms with Crippen LogP contribution in [-0.2, 0) is 19.6 Å². The van der Waals surface area contributed by atoms with Gasteiger partial charge in [0, 0.05) is 35.7 Å². The molecule has 0 aliphatic heterocycles. The lowest BCUT2D eigenvalue weighted by Gasteiger charge is -2.15. The largest absolute Gasteiger partial charge is 0.493 e. The van der Waals surface area contributed by atoms with Crippen LogP contribution >= 0.6 is 11.6 Å². The highest BCUT2D eigenvalue weighted by Gasteiger charge is 2.16. The molecule has 0 aliphatic carbocycles. The zero-order chi connectivity index (χ0) is 26.2. The van der Waals surface area contributed by atoms with Crippen molar-refractivity contribution in [1.82, 2.24) is 19.5 Å². The molecule has 2 aromatic carbocycles. The van der Waals surface area contributed by atoms with E-state index >= 15 is 0 Å². The molecule has 9 heteroatoms. The number of nitrogens with one attached hydrogen (secondary N) is 1. The number of unbranched alkanes of at least 4 members (excludes halogenated alkanes) is 1. The highest BCUT2D eigenvalue weighted by Crippen LogP contribution is 2.35. The van der Waals surface area contributed by atoms with E-state index in [-0.39, 0.29) is 6.61 Å². The van der Waals surface area contributed by atoms with E-state index in [1.165, 1.54) is 6.33 Å². The van der Waals surface area contributed by atoms with Gasteiger partial charge in [-0.2, -0.15) is 0 Å². The quantitative estimate of drug-likeness (QED) is 0.188. The van der Waals surface area contributed by atoms with Crippen molar-refractivity contribution in [2.75, 3.05) is 19.0 Å². The Morgan fingerprint density at radius 3 is 2.78 bits per heavy atom. The van der Waals surface area contributed by atoms with E-state index in [9.17, 15) is 5.11 Å². The van der Waals surface area contributed by atoms with Crippen LogP contribution in [0.25, 0.3) is 10.9 Å². The number of methoxy groups -OCH3 is 1. The number of anilines is 2. The zero-order valence-corrected chi connectivity index (χ0v) is 21.8. The standard InChI is InChI=1S/C28H30ClN5O3/c1-4-6-11-26-33-27(29)23(17-35)34(26)12-8-13-37-25-15-21-22(16-24(25)36-3)30-18-31-28(21)32-20-10-7-9-19(5-2)14-20/h2,7,9-10,14-16,18,35H,4,6,8,11-13,17H2,1,3H3,(H,30,31,32). The number of aryl methyl sites for hydroxylation is 1. The van der Waals surface area contributed by atoms with Gasteiger partial charge in [0.25, 0.3) is 0 Å². The minimum atomic E-state index is -0.155. The molecule has 0 fully saturated rings. The van der Waals surface area contributed by atoms with Crippen LogP contribution in [0.3, 0.4) is 0 Å². The Morgan fingerprint density at radius 2 is 2.03 bits per heavy atom. The molecule has 0 saturated heterocycles. The average Bonchev–Trinajstić information content (AvgIpc) is 3.23. The molecule has 4 rings (SSSR count). The predicted molar refractivity (Wildman–Crippen MR) is 146 cm³/mol. The molecule has 4 aromatic rings. The number of aromatic nitrogens is 4. The lowest BCUT2D eigenvalue weighted by molar-refractivity contribution is 0.261. The Hall–Kier alpha value is -3.80. The molecule has 0 atom stereocenters. The maximum absolute atomic E-state index is 9.78. The Morgan fingerprint density at radius 1 is 1.16 bits per heavy atom. The van der Waals surface area contributed by atoms with Gasteiger partial charge in [0.15, 0.2) is 16.7 Å². The number of aliphatic hydroxyl groups is 1. The third-order valence-corrected chi connectivity index (χ3v) is 6.31. The van der Waals surface area contributed by atoms with Gasteiger partial charge in [0.05, 0.1) is 31.5 Å². The Kier molecular flexibility index (Phi) is 8.83. The summed E-state index contributed by atoms with van der Waals surface area (Å²) in [5.41, 5.74) is 2.95. The number of hydrogen-bond acceptors (Lipinski definition) is 7. The second-order valence-corrected chi connectivity index (χ2v) is 8.83. The van der Waals surface area contributed by atoms with Crippen molar-refractivity contribution in [2.45, 2.75) is 45.8 Å². The van der Waals surface area contributed by atoms with Crippen LogP contribution in [0, 0.1) is 12.3 Å². The van der Waals surface area contributed by atoms with Gasteiger partial charge in [-0.25, -0.2) is 15.0 Å². The lowest BCUT2D eigenvalue weighted by Crippen LogP contribution is -2.11. The first-order valence-electron chi connectivity index (χ1n) is 12.2. The van der Waals surface area contributed by atoms with Crippen LogP contribution in [0.5, 0.6) is 11.5 Å². The molecular weight excluding hydrogens is 490 g/mol. The highest BCUT2D eigenvalue weighted by atomic mass is 35.5. The summed E-state index contributed by atoms with van der Waals surface area (Å²) in [5, 5.41) is 14.3. The van der Waals surface area contributed by atoms with Crippen molar-refractivity contribution >= 4 is 34.0 Å². The zero-order valence-electron chi connectivity index (χ0n) is 21.0. The van der Waals surface area contributed by atoms with Gasteiger partial charge in [0.1, 0.15) is 18.0 Å². The molecule has 192 valence electrons. The van der Waals surface area contributed by atoms with E-state index in [1.54, 1.807) is 7.11 Å². The highest BCUT2D eigenvalue weighted by molar-refractivity contribution is 6.30. The van der Waals surface area contributed by atoms with Gasteiger partial charge in [-0.05, 0) is 37.1 Å². The Labute approximate surface area is 221 Å². The molecule has 0 amide bonds. The fraction of sp³-hybridized carbons (Fsp3) is 0.321. The number of nitrogens with zero attached hydrogens (tertiary/aromatic N) is 4. The molecule has 8 nitrogen and oxygen atoms in total. The molecule has 0 radical (unpaired) electrons. The van der Waals surface area contributed by atoms with Crippen molar-refractivity contribution in [2.24, 2.45) is 0 Å². The summed E-state index contributed by atoms with van der Waals surface area (Å²) in [7, 11) is 1.60. The third-order valence-electron chi connectivity index (χ3n) is 6.00. The summed E-state index contributed by atoms with van der Waals surface area (Å²) in [6.07, 6.45) is 10.6. The van der Waals surface area contributed by atoms with E-state index in [1.807, 2.05) is 41.0 Å². The van der Waals surface area contributed by atoms with Gasteiger partial charge in [-0.3, -0.25) is 0 Å². The van der Waals surface area contributed by atoms with Gasteiger partial charge >= 0.3 is 0 Å². The van der Waals surface area contributed by atoms with Crippen molar-refractivity contribution < 1.29 is 14.6 Å². The Bertz CT molecular complexity index is 1410. The monoisotopic (exact) mass is 519 g/mol. The van der Waals surface area contributed by atoms with E-state index < -0.39 is 0 Å². The van der Waals surface area contributed by atoms with E-state index in [4.69, 9.17) is 27.5 Å². The van der Waals surface area contributed by atoms with E-state index in [2.05, 4.69) is 33.1 Å². The summed E-state index contributed by atoms with van der Waals surface area (Å²) < 4.78 is 13.7. The van der Waals surface area contributed by atoms with Crippen LogP contribution in [0.1, 0.15) is 43.3 Å². The fourth-order valence-electron chi connectivity index (χ4n) is 4.11.